The zero-order valence-electron chi connectivity index (χ0n) is 10.6. The molecule has 0 bridgehead atoms. The molecule has 0 saturated carbocycles. The maximum Gasteiger partial charge on any atom is 0.256 e. The smallest absolute Gasteiger partial charge is 0.256 e. The fourth-order valence-electron chi connectivity index (χ4n) is 1.91. The summed E-state index contributed by atoms with van der Waals surface area (Å²) in [5.74, 6) is -1.29. The first-order valence-corrected chi connectivity index (χ1v) is 6.93. The molecule has 2 nitrogen and oxygen atoms in total. The molecule has 1 aliphatic heterocycles. The first-order chi connectivity index (χ1) is 9.41. The number of amides is 1. The van der Waals surface area contributed by atoms with Crippen LogP contribution in [-0.4, -0.2) is 29.2 Å². The number of rotatable bonds is 3. The Labute approximate surface area is 158 Å². The minimum Gasteiger partial charge on any atom is -0.340 e. The Hall–Kier alpha value is 0.0939. The Bertz CT molecular complexity index is 550. The van der Waals surface area contributed by atoms with Gasteiger partial charge in [0.25, 0.3) is 6.43 Å². The van der Waals surface area contributed by atoms with Gasteiger partial charge in [0, 0.05) is 32.7 Å². The minimum absolute atomic E-state index is 0. The third-order valence-electron chi connectivity index (χ3n) is 2.77. The standard InChI is InChI=1S/C13H9BrClF3NO.Y/c14-7-2-1-3-9(16)12(7)10-5-4-8(15)13(20)19(10)6-11(17)18;/h1-3,8,11H,4,6H2;/q-1;. The fourth-order valence-corrected chi connectivity index (χ4v) is 2.64. The summed E-state index contributed by atoms with van der Waals surface area (Å²) in [6, 6.07) is 4.22. The largest absolute Gasteiger partial charge is 0.340 e. The van der Waals surface area contributed by atoms with Gasteiger partial charge in [0.05, 0.1) is 12.4 Å². The molecule has 0 aromatic heterocycles. The Balaban J connectivity index is 0.00000220. The quantitative estimate of drug-likeness (QED) is 0.500. The molecule has 21 heavy (non-hydrogen) atoms. The van der Waals surface area contributed by atoms with Crippen LogP contribution in [0.2, 0.25) is 0 Å². The predicted octanol–water partition coefficient (Wildman–Crippen LogP) is 3.83. The summed E-state index contributed by atoms with van der Waals surface area (Å²) in [4.78, 5) is 12.7. The Morgan fingerprint density at radius 2 is 2.14 bits per heavy atom. The van der Waals surface area contributed by atoms with E-state index in [2.05, 4.69) is 22.0 Å². The molecule has 0 N–H and O–H groups in total. The van der Waals surface area contributed by atoms with Crippen LogP contribution in [0, 0.1) is 11.9 Å². The number of allylic oxidation sites excluding steroid dienone is 1. The van der Waals surface area contributed by atoms with Gasteiger partial charge in [0.1, 0.15) is 5.38 Å². The zero-order valence-corrected chi connectivity index (χ0v) is 15.8. The number of halogens is 5. The zero-order chi connectivity index (χ0) is 14.9. The average molecular weight is 456 g/mol. The number of nitrogens with zero attached hydrogens (tertiary/aromatic N) is 1. The van der Waals surface area contributed by atoms with Crippen molar-refractivity contribution in [2.45, 2.75) is 18.2 Å². The van der Waals surface area contributed by atoms with E-state index in [0.717, 1.165) is 4.90 Å². The molecule has 0 spiro atoms. The molecule has 111 valence electrons. The van der Waals surface area contributed by atoms with Gasteiger partial charge < -0.3 is 4.90 Å². The SMILES string of the molecule is O=C1C(Cl)C[C-]=C(c2c(F)cccc2Br)N1CC(F)F.[Y]. The van der Waals surface area contributed by atoms with Crippen molar-refractivity contribution in [2.75, 3.05) is 6.54 Å². The van der Waals surface area contributed by atoms with Crippen LogP contribution in [0.25, 0.3) is 5.70 Å². The predicted molar refractivity (Wildman–Crippen MR) is 72.7 cm³/mol. The maximum atomic E-state index is 13.9. The molecule has 1 amide bonds. The number of carbonyl (C=O) groups is 1. The van der Waals surface area contributed by atoms with Gasteiger partial charge in [-0.25, -0.2) is 19.2 Å². The molecule has 1 radical (unpaired) electrons. The van der Waals surface area contributed by atoms with Crippen LogP contribution in [0.4, 0.5) is 13.2 Å². The van der Waals surface area contributed by atoms with Gasteiger partial charge in [-0.3, -0.25) is 4.79 Å². The van der Waals surface area contributed by atoms with E-state index in [9.17, 15) is 18.0 Å². The van der Waals surface area contributed by atoms with Crippen LogP contribution in [0.1, 0.15) is 12.0 Å². The van der Waals surface area contributed by atoms with E-state index < -0.39 is 30.1 Å². The minimum atomic E-state index is -2.75. The van der Waals surface area contributed by atoms with E-state index in [1.807, 2.05) is 0 Å². The van der Waals surface area contributed by atoms with Crippen molar-refractivity contribution in [3.05, 3.63) is 40.1 Å². The summed E-state index contributed by atoms with van der Waals surface area (Å²) in [6.45, 7) is -0.842. The van der Waals surface area contributed by atoms with Gasteiger partial charge in [0.2, 0.25) is 5.91 Å². The topological polar surface area (TPSA) is 20.3 Å². The Kier molecular flexibility index (Phi) is 7.37. The summed E-state index contributed by atoms with van der Waals surface area (Å²) in [5.41, 5.74) is 0.0299. The number of hydrogen-bond acceptors (Lipinski definition) is 1. The Morgan fingerprint density at radius 1 is 1.48 bits per heavy atom. The van der Waals surface area contributed by atoms with Gasteiger partial charge in [-0.1, -0.05) is 39.0 Å². The monoisotopic (exact) mass is 455 g/mol. The first-order valence-electron chi connectivity index (χ1n) is 5.70. The summed E-state index contributed by atoms with van der Waals surface area (Å²) < 4.78 is 39.5. The number of alkyl halides is 3. The molecule has 1 aromatic carbocycles. The first kappa shape index (κ1) is 19.1. The van der Waals surface area contributed by atoms with E-state index >= 15 is 0 Å². The van der Waals surface area contributed by atoms with Crippen molar-refractivity contribution in [3.63, 3.8) is 0 Å². The second kappa shape index (κ2) is 8.09. The maximum absolute atomic E-state index is 13.9. The Morgan fingerprint density at radius 3 is 2.71 bits per heavy atom. The molecule has 0 aliphatic carbocycles. The summed E-state index contributed by atoms with van der Waals surface area (Å²) in [7, 11) is 0. The average Bonchev–Trinajstić information content (AvgIpc) is 2.37. The third-order valence-corrected chi connectivity index (χ3v) is 3.77. The van der Waals surface area contributed by atoms with Gasteiger partial charge in [-0.2, -0.15) is 0 Å². The van der Waals surface area contributed by atoms with Crippen molar-refractivity contribution in [1.82, 2.24) is 4.90 Å². The fraction of sp³-hybridized carbons (Fsp3) is 0.308. The second-order valence-corrected chi connectivity index (χ2v) is 5.51. The molecular formula is C13H9BrClF3NOY-. The molecule has 1 heterocycles. The molecule has 1 aliphatic rings. The van der Waals surface area contributed by atoms with Gasteiger partial charge in [-0.05, 0) is 6.07 Å². The van der Waals surface area contributed by atoms with Crippen molar-refractivity contribution in [2.24, 2.45) is 0 Å². The summed E-state index contributed by atoms with van der Waals surface area (Å²) in [5, 5.41) is -0.956. The summed E-state index contributed by atoms with van der Waals surface area (Å²) in [6.07, 6.45) is 0.0440. The van der Waals surface area contributed by atoms with Crippen molar-refractivity contribution >= 4 is 39.1 Å². The molecule has 0 saturated heterocycles. The van der Waals surface area contributed by atoms with E-state index in [0.29, 0.717) is 4.47 Å². The van der Waals surface area contributed by atoms with E-state index in [-0.39, 0.29) is 50.4 Å². The van der Waals surface area contributed by atoms with Gasteiger partial charge in [-0.15, -0.1) is 22.9 Å². The van der Waals surface area contributed by atoms with Crippen LogP contribution in [0.3, 0.4) is 0 Å². The molecule has 0 fully saturated rings. The molecule has 1 aromatic rings. The van der Waals surface area contributed by atoms with Gasteiger partial charge in [0.15, 0.2) is 0 Å². The van der Waals surface area contributed by atoms with Crippen molar-refractivity contribution < 1.29 is 50.7 Å². The van der Waals surface area contributed by atoms with Crippen LogP contribution in [-0.2, 0) is 37.5 Å². The van der Waals surface area contributed by atoms with E-state index in [1.54, 1.807) is 6.07 Å². The van der Waals surface area contributed by atoms with Crippen LogP contribution >= 0.6 is 27.5 Å². The van der Waals surface area contributed by atoms with Crippen LogP contribution in [0.15, 0.2) is 22.7 Å². The van der Waals surface area contributed by atoms with Crippen molar-refractivity contribution in [3.8, 4) is 0 Å². The molecular weight excluding hydrogens is 447 g/mol. The number of hydrogen-bond donors (Lipinski definition) is 0. The normalized spacial score (nSPS) is 18.6. The van der Waals surface area contributed by atoms with E-state index in [1.165, 1.54) is 12.1 Å². The van der Waals surface area contributed by atoms with E-state index in [4.69, 9.17) is 11.6 Å². The van der Waals surface area contributed by atoms with Crippen LogP contribution in [0.5, 0.6) is 0 Å². The van der Waals surface area contributed by atoms with Crippen LogP contribution < -0.4 is 0 Å². The molecule has 1 unspecified atom stereocenters. The number of benzene rings is 1. The number of carbonyl (C=O) groups excluding carboxylic acids is 1. The molecule has 8 heteroatoms. The molecule has 2 rings (SSSR count). The van der Waals surface area contributed by atoms with Crippen molar-refractivity contribution in [1.29, 1.82) is 0 Å². The molecule has 1 atom stereocenters. The van der Waals surface area contributed by atoms with Gasteiger partial charge >= 0.3 is 0 Å². The third kappa shape index (κ3) is 4.30. The summed E-state index contributed by atoms with van der Waals surface area (Å²) >= 11 is 8.91. The second-order valence-electron chi connectivity index (χ2n) is 4.13.